The zero-order chi connectivity index (χ0) is 16.5. The van der Waals surface area contributed by atoms with Crippen molar-refractivity contribution in [3.8, 4) is 17.2 Å². The number of fused-ring (bicyclic) bond motifs is 1. The smallest absolute Gasteiger partial charge is 0.204 e. The summed E-state index contributed by atoms with van der Waals surface area (Å²) in [6.07, 6.45) is 1.12. The number of hydrogen-bond donors (Lipinski definition) is 3. The lowest BCUT2D eigenvalue weighted by Gasteiger charge is -2.25. The van der Waals surface area contributed by atoms with Gasteiger partial charge in [0.1, 0.15) is 17.2 Å². The number of hydroxylamine groups is 1. The maximum Gasteiger partial charge on any atom is 0.204 e. The number of rotatable bonds is 4. The van der Waals surface area contributed by atoms with E-state index in [9.17, 15) is 0 Å². The lowest BCUT2D eigenvalue weighted by Crippen LogP contribution is -2.29. The second-order valence-corrected chi connectivity index (χ2v) is 5.06. The molecular formula is C17H20N2O4. The molecule has 3 rings (SSSR count). The van der Waals surface area contributed by atoms with E-state index in [1.807, 2.05) is 48.5 Å². The molecule has 2 aromatic carbocycles. The molecule has 0 aliphatic carbocycles. The van der Waals surface area contributed by atoms with Crippen molar-refractivity contribution in [3.63, 3.8) is 0 Å². The topological polar surface area (TPSA) is 93.8 Å². The van der Waals surface area contributed by atoms with Crippen LogP contribution in [0.15, 0.2) is 48.5 Å². The Labute approximate surface area is 134 Å². The Morgan fingerprint density at radius 1 is 1.26 bits per heavy atom. The zero-order valence-corrected chi connectivity index (χ0v) is 12.6. The van der Waals surface area contributed by atoms with Crippen molar-refractivity contribution in [2.24, 2.45) is 11.7 Å². The molecule has 0 saturated carbocycles. The summed E-state index contributed by atoms with van der Waals surface area (Å²) in [7, 11) is 0. The summed E-state index contributed by atoms with van der Waals surface area (Å²) in [4.78, 5) is 8.58. The fraction of sp³-hybridized carbons (Fsp3) is 0.235. The van der Waals surface area contributed by atoms with Gasteiger partial charge in [0.2, 0.25) is 6.41 Å². The maximum atomic E-state index is 8.79. The lowest BCUT2D eigenvalue weighted by molar-refractivity contribution is -0.106. The first-order valence-electron chi connectivity index (χ1n) is 7.27. The number of primary amides is 1. The highest BCUT2D eigenvalue weighted by Crippen LogP contribution is 2.32. The van der Waals surface area contributed by atoms with Gasteiger partial charge in [-0.15, -0.1) is 0 Å². The van der Waals surface area contributed by atoms with E-state index in [1.54, 1.807) is 0 Å². The Kier molecular flexibility index (Phi) is 6.40. The third-order valence-corrected chi connectivity index (χ3v) is 3.37. The molecule has 6 nitrogen and oxygen atoms in total. The average Bonchev–Trinajstić information content (AvgIpc) is 2.56. The molecular weight excluding hydrogens is 296 g/mol. The summed E-state index contributed by atoms with van der Waals surface area (Å²) >= 11 is 0. The molecule has 1 unspecified atom stereocenters. The van der Waals surface area contributed by atoms with Crippen LogP contribution in [0.25, 0.3) is 0 Å². The number of amides is 1. The van der Waals surface area contributed by atoms with Gasteiger partial charge < -0.3 is 20.4 Å². The van der Waals surface area contributed by atoms with Crippen molar-refractivity contribution in [2.45, 2.75) is 6.42 Å². The molecule has 1 aliphatic rings. The van der Waals surface area contributed by atoms with Gasteiger partial charge in [0.25, 0.3) is 0 Å². The Bertz CT molecular complexity index is 619. The molecule has 4 N–H and O–H groups in total. The molecule has 122 valence electrons. The van der Waals surface area contributed by atoms with E-state index in [1.165, 1.54) is 0 Å². The molecule has 23 heavy (non-hydrogen) atoms. The van der Waals surface area contributed by atoms with Crippen molar-refractivity contribution in [1.82, 2.24) is 5.48 Å². The van der Waals surface area contributed by atoms with E-state index < -0.39 is 0 Å². The molecule has 1 aliphatic heterocycles. The summed E-state index contributed by atoms with van der Waals surface area (Å²) in [6, 6.07) is 15.6. The van der Waals surface area contributed by atoms with E-state index >= 15 is 0 Å². The average molecular weight is 316 g/mol. The van der Waals surface area contributed by atoms with Gasteiger partial charge in [-0.05, 0) is 42.3 Å². The molecule has 0 aromatic heterocycles. The van der Waals surface area contributed by atoms with Gasteiger partial charge in [-0.3, -0.25) is 4.79 Å². The summed E-state index contributed by atoms with van der Waals surface area (Å²) in [6.45, 7) is 1.16. The summed E-state index contributed by atoms with van der Waals surface area (Å²) < 4.78 is 11.5. The number of para-hydroxylation sites is 1. The maximum absolute atomic E-state index is 8.79. The highest BCUT2D eigenvalue weighted by molar-refractivity contribution is 5.43. The van der Waals surface area contributed by atoms with Crippen LogP contribution < -0.4 is 20.7 Å². The Morgan fingerprint density at radius 2 is 2.00 bits per heavy atom. The quantitative estimate of drug-likeness (QED) is 0.593. The van der Waals surface area contributed by atoms with Crippen molar-refractivity contribution in [2.75, 3.05) is 13.2 Å². The summed E-state index contributed by atoms with van der Waals surface area (Å²) in [5, 5.41) is 8.79. The predicted octanol–water partition coefficient (Wildman–Crippen LogP) is 2.11. The van der Waals surface area contributed by atoms with Gasteiger partial charge in [0.05, 0.1) is 6.61 Å². The highest BCUT2D eigenvalue weighted by atomic mass is 16.5. The number of nitrogens with two attached hydrogens (primary N) is 1. The molecule has 0 radical (unpaired) electrons. The SMILES string of the molecule is NC=O.ONCC1COc2ccc(Oc3ccccc3)cc2C1. The molecule has 0 bridgehead atoms. The van der Waals surface area contributed by atoms with Crippen molar-refractivity contribution in [3.05, 3.63) is 54.1 Å². The van der Waals surface area contributed by atoms with Crippen LogP contribution in [0.2, 0.25) is 0 Å². The Hall–Kier alpha value is -2.57. The number of hydrogen-bond acceptors (Lipinski definition) is 5. The lowest BCUT2D eigenvalue weighted by atomic mass is 9.97. The summed E-state index contributed by atoms with van der Waals surface area (Å²) in [5.74, 6) is 2.80. The van der Waals surface area contributed by atoms with Crippen molar-refractivity contribution < 1.29 is 19.5 Å². The molecule has 6 heteroatoms. The number of nitrogens with one attached hydrogen (secondary N) is 1. The van der Waals surface area contributed by atoms with Gasteiger partial charge in [-0.2, -0.15) is 0 Å². The first kappa shape index (κ1) is 16.8. The van der Waals surface area contributed by atoms with Crippen molar-refractivity contribution in [1.29, 1.82) is 0 Å². The minimum absolute atomic E-state index is 0.250. The number of benzene rings is 2. The standard InChI is InChI=1S/C16H17NO3.CH3NO/c18-17-10-12-8-13-9-15(6-7-16(13)19-11-12)20-14-4-2-1-3-5-14;2-1-3/h1-7,9,12,17-18H,8,10-11H2;1H,(H2,2,3). The molecule has 0 fully saturated rings. The second kappa shape index (κ2) is 8.77. The Morgan fingerprint density at radius 3 is 2.70 bits per heavy atom. The van der Waals surface area contributed by atoms with E-state index in [4.69, 9.17) is 19.5 Å². The van der Waals surface area contributed by atoms with Crippen LogP contribution >= 0.6 is 0 Å². The second-order valence-electron chi connectivity index (χ2n) is 5.06. The first-order valence-corrected chi connectivity index (χ1v) is 7.27. The number of carbonyl (C=O) groups excluding carboxylic acids is 1. The number of ether oxygens (including phenoxy) is 2. The molecule has 1 heterocycles. The first-order chi connectivity index (χ1) is 11.3. The molecule has 1 atom stereocenters. The van der Waals surface area contributed by atoms with Gasteiger partial charge in [0.15, 0.2) is 0 Å². The fourth-order valence-corrected chi connectivity index (χ4v) is 2.38. The molecule has 0 saturated heterocycles. The minimum atomic E-state index is 0.250. The van der Waals surface area contributed by atoms with E-state index in [0.717, 1.165) is 29.2 Å². The van der Waals surface area contributed by atoms with Gasteiger partial charge in [-0.1, -0.05) is 18.2 Å². The zero-order valence-electron chi connectivity index (χ0n) is 12.6. The van der Waals surface area contributed by atoms with Gasteiger partial charge >= 0.3 is 0 Å². The van der Waals surface area contributed by atoms with Crippen LogP contribution in [0.4, 0.5) is 0 Å². The van der Waals surface area contributed by atoms with E-state index in [-0.39, 0.29) is 12.3 Å². The minimum Gasteiger partial charge on any atom is -0.493 e. The third-order valence-electron chi connectivity index (χ3n) is 3.37. The van der Waals surface area contributed by atoms with Crippen LogP contribution in [0.3, 0.4) is 0 Å². The molecule has 0 spiro atoms. The normalized spacial score (nSPS) is 15.4. The molecule has 1 amide bonds. The monoisotopic (exact) mass is 316 g/mol. The van der Waals surface area contributed by atoms with Crippen LogP contribution in [0.5, 0.6) is 17.2 Å². The third kappa shape index (κ3) is 4.98. The van der Waals surface area contributed by atoms with Crippen LogP contribution in [-0.4, -0.2) is 24.8 Å². The largest absolute Gasteiger partial charge is 0.493 e. The van der Waals surface area contributed by atoms with Gasteiger partial charge in [0, 0.05) is 12.5 Å². The molecule has 2 aromatic rings. The fourth-order valence-electron chi connectivity index (χ4n) is 2.38. The van der Waals surface area contributed by atoms with Gasteiger partial charge in [-0.25, -0.2) is 5.48 Å². The van der Waals surface area contributed by atoms with E-state index in [0.29, 0.717) is 13.2 Å². The van der Waals surface area contributed by atoms with Crippen LogP contribution in [0.1, 0.15) is 5.56 Å². The highest BCUT2D eigenvalue weighted by Gasteiger charge is 2.20. The van der Waals surface area contributed by atoms with Crippen LogP contribution in [-0.2, 0) is 11.2 Å². The Balaban J connectivity index is 0.000000595. The van der Waals surface area contributed by atoms with Crippen LogP contribution in [0, 0.1) is 5.92 Å². The predicted molar refractivity (Wildman–Crippen MR) is 85.7 cm³/mol. The number of carbonyl (C=O) groups is 1. The summed E-state index contributed by atoms with van der Waals surface area (Å²) in [5.41, 5.74) is 7.49. The van der Waals surface area contributed by atoms with Crippen molar-refractivity contribution >= 4 is 6.41 Å². The van der Waals surface area contributed by atoms with E-state index in [2.05, 4.69) is 11.2 Å².